The highest BCUT2D eigenvalue weighted by Crippen LogP contribution is 2.21. The van der Waals surface area contributed by atoms with Gasteiger partial charge in [0.05, 0.1) is 0 Å². The smallest absolute Gasteiger partial charge is 0.250 e. The normalized spacial score (nSPS) is 11.9. The molecular weight excluding hydrogens is 262 g/mol. The molecule has 0 amide bonds. The number of rotatable bonds is 8. The number of hydrogen-bond donors (Lipinski definition) is 2. The van der Waals surface area contributed by atoms with Crippen LogP contribution in [0, 0.1) is 0 Å². The fourth-order valence-corrected chi connectivity index (χ4v) is 3.70. The average Bonchev–Trinajstić information content (AvgIpc) is 2.74. The molecule has 98 valence electrons. The molecule has 0 bridgehead atoms. The van der Waals surface area contributed by atoms with E-state index in [1.165, 1.54) is 11.3 Å². The minimum atomic E-state index is -3.41. The van der Waals surface area contributed by atoms with Crippen LogP contribution in [-0.2, 0) is 21.2 Å². The summed E-state index contributed by atoms with van der Waals surface area (Å²) >= 11 is 1.19. The molecule has 0 spiro atoms. The molecule has 0 aliphatic rings. The third-order valence-electron chi connectivity index (χ3n) is 2.08. The minimum Gasteiger partial charge on any atom is -0.396 e. The summed E-state index contributed by atoms with van der Waals surface area (Å²) in [6, 6.07) is 3.29. The first-order chi connectivity index (χ1) is 8.10. The summed E-state index contributed by atoms with van der Waals surface area (Å²) in [5.74, 6) is 0. The van der Waals surface area contributed by atoms with Crippen molar-refractivity contribution in [3.05, 3.63) is 17.0 Å². The maximum atomic E-state index is 11.8. The topological polar surface area (TPSA) is 75.6 Å². The lowest BCUT2D eigenvalue weighted by molar-refractivity contribution is 0.196. The zero-order valence-corrected chi connectivity index (χ0v) is 11.3. The monoisotopic (exact) mass is 279 g/mol. The van der Waals surface area contributed by atoms with Crippen molar-refractivity contribution < 1.29 is 18.3 Å². The quantitative estimate of drug-likeness (QED) is 0.683. The van der Waals surface area contributed by atoms with Crippen molar-refractivity contribution in [1.29, 1.82) is 0 Å². The average molecular weight is 279 g/mol. The molecule has 5 nitrogen and oxygen atoms in total. The van der Waals surface area contributed by atoms with Gasteiger partial charge in [0.1, 0.15) is 4.21 Å². The van der Waals surface area contributed by atoms with E-state index in [0.29, 0.717) is 30.2 Å². The highest BCUT2D eigenvalue weighted by Gasteiger charge is 2.15. The van der Waals surface area contributed by atoms with Crippen LogP contribution in [0.1, 0.15) is 11.3 Å². The first-order valence-electron chi connectivity index (χ1n) is 5.28. The van der Waals surface area contributed by atoms with Crippen molar-refractivity contribution in [2.24, 2.45) is 0 Å². The largest absolute Gasteiger partial charge is 0.396 e. The number of nitrogens with one attached hydrogen (secondary N) is 1. The van der Waals surface area contributed by atoms with Crippen LogP contribution < -0.4 is 4.72 Å². The second kappa shape index (κ2) is 7.07. The van der Waals surface area contributed by atoms with Gasteiger partial charge in [0.2, 0.25) is 10.0 Å². The molecule has 0 saturated heterocycles. The van der Waals surface area contributed by atoms with Crippen LogP contribution in [0.3, 0.4) is 0 Å². The molecular formula is C10H17NO4S2. The van der Waals surface area contributed by atoms with E-state index in [0.717, 1.165) is 4.88 Å². The summed E-state index contributed by atoms with van der Waals surface area (Å²) in [5.41, 5.74) is 0. The van der Waals surface area contributed by atoms with E-state index >= 15 is 0 Å². The molecule has 1 aromatic rings. The van der Waals surface area contributed by atoms with Crippen LogP contribution in [0.2, 0.25) is 0 Å². The van der Waals surface area contributed by atoms with E-state index in [-0.39, 0.29) is 6.61 Å². The Balaban J connectivity index is 2.56. The number of aliphatic hydroxyl groups excluding tert-OH is 1. The molecule has 1 aromatic heterocycles. The molecule has 0 aliphatic heterocycles. The molecule has 0 aromatic carbocycles. The number of hydrogen-bond acceptors (Lipinski definition) is 5. The second-order valence-corrected chi connectivity index (χ2v) is 6.60. The highest BCUT2D eigenvalue weighted by atomic mass is 32.2. The van der Waals surface area contributed by atoms with Crippen molar-refractivity contribution in [2.75, 3.05) is 26.9 Å². The lowest BCUT2D eigenvalue weighted by atomic mass is 10.4. The van der Waals surface area contributed by atoms with Gasteiger partial charge in [-0.05, 0) is 18.6 Å². The van der Waals surface area contributed by atoms with Crippen molar-refractivity contribution >= 4 is 21.4 Å². The summed E-state index contributed by atoms with van der Waals surface area (Å²) < 4.78 is 31.3. The first kappa shape index (κ1) is 14.6. The number of methoxy groups -OCH3 is 1. The van der Waals surface area contributed by atoms with E-state index in [2.05, 4.69) is 4.72 Å². The molecule has 0 fully saturated rings. The Hall–Kier alpha value is -0.470. The number of thiophene rings is 1. The third kappa shape index (κ3) is 4.72. The van der Waals surface area contributed by atoms with E-state index in [1.54, 1.807) is 19.2 Å². The SMILES string of the molecule is COCCCNS(=O)(=O)c1ccc(CCO)s1. The molecule has 0 saturated carbocycles. The van der Waals surface area contributed by atoms with Crippen LogP contribution in [-0.4, -0.2) is 40.4 Å². The van der Waals surface area contributed by atoms with Crippen molar-refractivity contribution in [1.82, 2.24) is 4.72 Å². The van der Waals surface area contributed by atoms with Crippen molar-refractivity contribution in [3.8, 4) is 0 Å². The van der Waals surface area contributed by atoms with Gasteiger partial charge < -0.3 is 9.84 Å². The van der Waals surface area contributed by atoms with Crippen LogP contribution in [0.25, 0.3) is 0 Å². The van der Waals surface area contributed by atoms with E-state index in [9.17, 15) is 8.42 Å². The molecule has 1 rings (SSSR count). The molecule has 1 heterocycles. The van der Waals surface area contributed by atoms with Gasteiger partial charge >= 0.3 is 0 Å². The van der Waals surface area contributed by atoms with Gasteiger partial charge in [-0.25, -0.2) is 13.1 Å². The molecule has 7 heteroatoms. The Morgan fingerprint density at radius 2 is 2.24 bits per heavy atom. The predicted octanol–water partition coefficient (Wildman–Crippen LogP) is 0.598. The fraction of sp³-hybridized carbons (Fsp3) is 0.600. The summed E-state index contributed by atoms with van der Waals surface area (Å²) in [5, 5.41) is 8.76. The Morgan fingerprint density at radius 3 is 2.88 bits per heavy atom. The summed E-state index contributed by atoms with van der Waals surface area (Å²) in [6.45, 7) is 0.924. The van der Waals surface area contributed by atoms with Crippen molar-refractivity contribution in [3.63, 3.8) is 0 Å². The molecule has 2 N–H and O–H groups in total. The van der Waals surface area contributed by atoms with Gasteiger partial charge in [-0.15, -0.1) is 11.3 Å². The number of aliphatic hydroxyl groups is 1. The molecule has 0 unspecified atom stereocenters. The maximum absolute atomic E-state index is 11.8. The second-order valence-electron chi connectivity index (χ2n) is 3.44. The molecule has 0 aliphatic carbocycles. The van der Waals surface area contributed by atoms with E-state index in [4.69, 9.17) is 9.84 Å². The Kier molecular flexibility index (Phi) is 6.07. The maximum Gasteiger partial charge on any atom is 0.250 e. The highest BCUT2D eigenvalue weighted by molar-refractivity contribution is 7.91. The summed E-state index contributed by atoms with van der Waals surface area (Å²) in [7, 11) is -1.83. The van der Waals surface area contributed by atoms with Crippen LogP contribution in [0.15, 0.2) is 16.3 Å². The van der Waals surface area contributed by atoms with Crippen LogP contribution in [0.4, 0.5) is 0 Å². The lowest BCUT2D eigenvalue weighted by Gasteiger charge is -2.03. The zero-order valence-electron chi connectivity index (χ0n) is 9.68. The van der Waals surface area contributed by atoms with Gasteiger partial charge in [-0.3, -0.25) is 0 Å². The summed E-state index contributed by atoms with van der Waals surface area (Å²) in [6.07, 6.45) is 1.13. The van der Waals surface area contributed by atoms with E-state index < -0.39 is 10.0 Å². The zero-order chi connectivity index (χ0) is 12.7. The first-order valence-corrected chi connectivity index (χ1v) is 7.58. The van der Waals surface area contributed by atoms with Gasteiger partial charge in [-0.2, -0.15) is 0 Å². The molecule has 17 heavy (non-hydrogen) atoms. The Bertz CT molecular complexity index is 427. The molecule has 0 radical (unpaired) electrons. The predicted molar refractivity (Wildman–Crippen MR) is 66.8 cm³/mol. The Morgan fingerprint density at radius 1 is 1.47 bits per heavy atom. The standard InChI is InChI=1S/C10H17NO4S2/c1-15-8-2-6-11-17(13,14)10-4-3-9(16-10)5-7-12/h3-4,11-12H,2,5-8H2,1H3. The fourth-order valence-electron chi connectivity index (χ4n) is 1.24. The van der Waals surface area contributed by atoms with E-state index in [1.807, 2.05) is 0 Å². The third-order valence-corrected chi connectivity index (χ3v) is 5.18. The Labute approximate surface area is 105 Å². The minimum absolute atomic E-state index is 0.0290. The van der Waals surface area contributed by atoms with Crippen LogP contribution >= 0.6 is 11.3 Å². The summed E-state index contributed by atoms with van der Waals surface area (Å²) in [4.78, 5) is 0.866. The van der Waals surface area contributed by atoms with Crippen LogP contribution in [0.5, 0.6) is 0 Å². The van der Waals surface area contributed by atoms with Gasteiger partial charge in [-0.1, -0.05) is 0 Å². The van der Waals surface area contributed by atoms with Gasteiger partial charge in [0.15, 0.2) is 0 Å². The number of sulfonamides is 1. The van der Waals surface area contributed by atoms with Gasteiger partial charge in [0, 0.05) is 38.2 Å². The lowest BCUT2D eigenvalue weighted by Crippen LogP contribution is -2.24. The molecule has 0 atom stereocenters. The van der Waals surface area contributed by atoms with Gasteiger partial charge in [0.25, 0.3) is 0 Å². The number of ether oxygens (including phenoxy) is 1. The van der Waals surface area contributed by atoms with Crippen molar-refractivity contribution in [2.45, 2.75) is 17.1 Å².